The lowest BCUT2D eigenvalue weighted by atomic mass is 9.70. The van der Waals surface area contributed by atoms with Crippen LogP contribution in [-0.4, -0.2) is 12.1 Å². The van der Waals surface area contributed by atoms with Gasteiger partial charge in [0.2, 0.25) is 0 Å². The first kappa shape index (κ1) is 11.0. The molecule has 1 aliphatic heterocycles. The molecule has 1 heterocycles. The number of rotatable bonds is 2. The van der Waals surface area contributed by atoms with Crippen molar-refractivity contribution in [1.29, 1.82) is 10.5 Å². The summed E-state index contributed by atoms with van der Waals surface area (Å²) < 4.78 is 0. The van der Waals surface area contributed by atoms with Crippen LogP contribution in [0.4, 0.5) is 0 Å². The van der Waals surface area contributed by atoms with E-state index in [-0.39, 0.29) is 17.5 Å². The van der Waals surface area contributed by atoms with E-state index in [0.717, 1.165) is 25.7 Å². The molecule has 0 aliphatic carbocycles. The molecular formula is C11H17N3. The minimum Gasteiger partial charge on any atom is -0.287 e. The van der Waals surface area contributed by atoms with Crippen molar-refractivity contribution in [2.45, 2.75) is 51.6 Å². The third-order valence-corrected chi connectivity index (χ3v) is 3.49. The van der Waals surface area contributed by atoms with Crippen molar-refractivity contribution in [2.75, 3.05) is 0 Å². The average Bonchev–Trinajstić information content (AvgIpc) is 2.28. The predicted octanol–water partition coefficient (Wildman–Crippen LogP) is 1.96. The van der Waals surface area contributed by atoms with Crippen LogP contribution in [0.5, 0.6) is 0 Å². The van der Waals surface area contributed by atoms with E-state index in [4.69, 9.17) is 10.5 Å². The molecule has 0 saturated carbocycles. The number of hydrogen-bond donors (Lipinski definition) is 1. The minimum atomic E-state index is -0.145. The number of nitrogens with zero attached hydrogens (tertiary/aromatic N) is 2. The Balaban J connectivity index is 2.80. The number of piperidine rings is 1. The summed E-state index contributed by atoms with van der Waals surface area (Å²) in [5.41, 5.74) is 0.200. The molecule has 0 aromatic heterocycles. The lowest BCUT2D eigenvalue weighted by Gasteiger charge is -2.40. The van der Waals surface area contributed by atoms with E-state index in [1.54, 1.807) is 0 Å². The van der Waals surface area contributed by atoms with Crippen LogP contribution >= 0.6 is 0 Å². The quantitative estimate of drug-likeness (QED) is 0.725. The topological polar surface area (TPSA) is 59.6 Å². The lowest BCUT2D eigenvalue weighted by Crippen LogP contribution is -2.48. The fourth-order valence-corrected chi connectivity index (χ4v) is 2.30. The molecule has 0 aromatic carbocycles. The summed E-state index contributed by atoms with van der Waals surface area (Å²) in [6.45, 7) is 4.30. The van der Waals surface area contributed by atoms with Gasteiger partial charge in [-0.2, -0.15) is 10.5 Å². The summed E-state index contributed by atoms with van der Waals surface area (Å²) in [5.74, 6) is 0. The molecule has 1 fully saturated rings. The Morgan fingerprint density at radius 1 is 1.14 bits per heavy atom. The zero-order valence-corrected chi connectivity index (χ0v) is 8.88. The van der Waals surface area contributed by atoms with Gasteiger partial charge in [-0.15, -0.1) is 0 Å². The van der Waals surface area contributed by atoms with Gasteiger partial charge in [0.25, 0.3) is 0 Å². The monoisotopic (exact) mass is 191 g/mol. The standard InChI is InChI=1S/C11H17N3/c1-3-11(4-2)5-9(7-12)14-10(6-11)8-13/h9-10,14H,3-6H2,1-2H3/t9-,10-/m0/s1. The molecule has 76 valence electrons. The summed E-state index contributed by atoms with van der Waals surface area (Å²) >= 11 is 0. The summed E-state index contributed by atoms with van der Waals surface area (Å²) in [6, 6.07) is 4.17. The molecule has 1 N–H and O–H groups in total. The number of nitriles is 2. The van der Waals surface area contributed by atoms with E-state index in [9.17, 15) is 0 Å². The molecule has 0 radical (unpaired) electrons. The van der Waals surface area contributed by atoms with Crippen molar-refractivity contribution in [1.82, 2.24) is 5.32 Å². The Morgan fingerprint density at radius 3 is 1.86 bits per heavy atom. The Morgan fingerprint density at radius 2 is 1.57 bits per heavy atom. The first-order chi connectivity index (χ1) is 6.69. The van der Waals surface area contributed by atoms with E-state index in [1.807, 2.05) is 0 Å². The van der Waals surface area contributed by atoms with Gasteiger partial charge >= 0.3 is 0 Å². The molecule has 0 aromatic rings. The first-order valence-electron chi connectivity index (χ1n) is 5.25. The van der Waals surface area contributed by atoms with Crippen molar-refractivity contribution in [3.63, 3.8) is 0 Å². The largest absolute Gasteiger partial charge is 0.287 e. The zero-order chi connectivity index (χ0) is 10.6. The van der Waals surface area contributed by atoms with Crippen LogP contribution in [0.1, 0.15) is 39.5 Å². The Hall–Kier alpha value is -1.06. The van der Waals surface area contributed by atoms with Crippen molar-refractivity contribution in [2.24, 2.45) is 5.41 Å². The van der Waals surface area contributed by atoms with Crippen LogP contribution in [0.2, 0.25) is 0 Å². The highest BCUT2D eigenvalue weighted by Gasteiger charge is 2.37. The van der Waals surface area contributed by atoms with Crippen molar-refractivity contribution >= 4 is 0 Å². The molecule has 0 unspecified atom stereocenters. The third kappa shape index (κ3) is 2.05. The van der Waals surface area contributed by atoms with Gasteiger partial charge in [0, 0.05) is 0 Å². The number of hydrogen-bond acceptors (Lipinski definition) is 3. The van der Waals surface area contributed by atoms with Gasteiger partial charge in [-0.05, 0) is 18.3 Å². The smallest absolute Gasteiger partial charge is 0.0968 e. The highest BCUT2D eigenvalue weighted by molar-refractivity contribution is 5.07. The van der Waals surface area contributed by atoms with Crippen LogP contribution < -0.4 is 5.32 Å². The van der Waals surface area contributed by atoms with Crippen molar-refractivity contribution < 1.29 is 0 Å². The Labute approximate surface area is 85.7 Å². The van der Waals surface area contributed by atoms with E-state index in [1.165, 1.54) is 0 Å². The minimum absolute atomic E-state index is 0.145. The van der Waals surface area contributed by atoms with Crippen LogP contribution in [0.15, 0.2) is 0 Å². The van der Waals surface area contributed by atoms with Gasteiger partial charge in [-0.3, -0.25) is 5.32 Å². The van der Waals surface area contributed by atoms with Crippen molar-refractivity contribution in [3.8, 4) is 12.1 Å². The molecular weight excluding hydrogens is 174 g/mol. The molecule has 0 bridgehead atoms. The van der Waals surface area contributed by atoms with E-state index in [2.05, 4.69) is 31.3 Å². The summed E-state index contributed by atoms with van der Waals surface area (Å²) in [6.07, 6.45) is 3.88. The maximum atomic E-state index is 8.91. The van der Waals surface area contributed by atoms with Gasteiger partial charge in [0.15, 0.2) is 0 Å². The molecule has 3 heteroatoms. The number of nitrogens with one attached hydrogen (secondary N) is 1. The Bertz CT molecular complexity index is 243. The summed E-state index contributed by atoms with van der Waals surface area (Å²) in [7, 11) is 0. The SMILES string of the molecule is CCC1(CC)C[C@@H](C#N)N[C@H](C#N)C1. The predicted molar refractivity (Wildman–Crippen MR) is 54.2 cm³/mol. The summed E-state index contributed by atoms with van der Waals surface area (Å²) in [4.78, 5) is 0. The van der Waals surface area contributed by atoms with E-state index >= 15 is 0 Å². The average molecular weight is 191 g/mol. The Kier molecular flexibility index (Phi) is 3.49. The van der Waals surface area contributed by atoms with Gasteiger partial charge < -0.3 is 0 Å². The van der Waals surface area contributed by atoms with E-state index in [0.29, 0.717) is 0 Å². The highest BCUT2D eigenvalue weighted by atomic mass is 15.0. The molecule has 1 rings (SSSR count). The fourth-order valence-electron chi connectivity index (χ4n) is 2.30. The second-order valence-electron chi connectivity index (χ2n) is 4.15. The molecule has 2 atom stereocenters. The molecule has 14 heavy (non-hydrogen) atoms. The van der Waals surface area contributed by atoms with Crippen LogP contribution in [-0.2, 0) is 0 Å². The fraction of sp³-hybridized carbons (Fsp3) is 0.818. The second kappa shape index (κ2) is 4.44. The highest BCUT2D eigenvalue weighted by Crippen LogP contribution is 2.39. The van der Waals surface area contributed by atoms with Crippen LogP contribution in [0.3, 0.4) is 0 Å². The van der Waals surface area contributed by atoms with Gasteiger partial charge in [0.05, 0.1) is 24.2 Å². The zero-order valence-electron chi connectivity index (χ0n) is 8.88. The summed E-state index contributed by atoms with van der Waals surface area (Å²) in [5, 5.41) is 20.9. The van der Waals surface area contributed by atoms with Gasteiger partial charge in [0.1, 0.15) is 0 Å². The second-order valence-corrected chi connectivity index (χ2v) is 4.15. The first-order valence-corrected chi connectivity index (χ1v) is 5.25. The normalized spacial score (nSPS) is 30.3. The maximum Gasteiger partial charge on any atom is 0.0968 e. The van der Waals surface area contributed by atoms with E-state index < -0.39 is 0 Å². The van der Waals surface area contributed by atoms with Gasteiger partial charge in [-0.1, -0.05) is 26.7 Å². The lowest BCUT2D eigenvalue weighted by molar-refractivity contribution is 0.147. The van der Waals surface area contributed by atoms with Crippen molar-refractivity contribution in [3.05, 3.63) is 0 Å². The molecule has 1 aliphatic rings. The molecule has 1 saturated heterocycles. The van der Waals surface area contributed by atoms with Crippen LogP contribution in [0.25, 0.3) is 0 Å². The molecule has 3 nitrogen and oxygen atoms in total. The van der Waals surface area contributed by atoms with Gasteiger partial charge in [-0.25, -0.2) is 0 Å². The molecule has 0 amide bonds. The molecule has 0 spiro atoms. The third-order valence-electron chi connectivity index (χ3n) is 3.49. The van der Waals surface area contributed by atoms with Crippen LogP contribution in [0, 0.1) is 28.1 Å². The maximum absolute atomic E-state index is 8.91.